The number of benzene rings is 7. The number of aromatic nitrogens is 3. The number of nitrogens with zero attached hydrogens (tertiary/aromatic N) is 3. The Balaban J connectivity index is 1.20. The van der Waals surface area contributed by atoms with Crippen molar-refractivity contribution in [2.24, 2.45) is 0 Å². The van der Waals surface area contributed by atoms with Gasteiger partial charge in [0.05, 0.1) is 33.2 Å². The van der Waals surface area contributed by atoms with Crippen molar-refractivity contribution >= 4 is 54.6 Å². The monoisotopic (exact) mass is 613 g/mol. The molecule has 0 fully saturated rings. The highest BCUT2D eigenvalue weighted by molar-refractivity contribution is 6.24. The van der Waals surface area contributed by atoms with Crippen LogP contribution in [0, 0.1) is 0 Å². The second kappa shape index (κ2) is 10.5. The molecule has 0 unspecified atom stereocenters. The van der Waals surface area contributed by atoms with Crippen LogP contribution in [-0.2, 0) is 0 Å². The molecule has 7 aromatic carbocycles. The summed E-state index contributed by atoms with van der Waals surface area (Å²) in [6.07, 6.45) is 0. The number of hydrogen-bond donors (Lipinski definition) is 0. The van der Waals surface area contributed by atoms with Crippen LogP contribution < -0.4 is 0 Å². The Labute approximate surface area is 276 Å². The summed E-state index contributed by atoms with van der Waals surface area (Å²) in [5.41, 5.74) is 11.1. The fourth-order valence-corrected chi connectivity index (χ4v) is 7.21. The molecule has 224 valence electrons. The molecule has 0 saturated carbocycles. The van der Waals surface area contributed by atoms with Gasteiger partial charge < -0.3 is 8.98 Å². The van der Waals surface area contributed by atoms with Crippen LogP contribution in [0.2, 0.25) is 0 Å². The lowest BCUT2D eigenvalue weighted by atomic mass is 10.0. The minimum absolute atomic E-state index is 0.642. The second-order valence-electron chi connectivity index (χ2n) is 12.2. The van der Waals surface area contributed by atoms with Crippen LogP contribution in [0.25, 0.3) is 94.1 Å². The lowest BCUT2D eigenvalue weighted by Crippen LogP contribution is -1.95. The number of hydrogen-bond acceptors (Lipinski definition) is 3. The molecule has 0 aliphatic rings. The highest BCUT2D eigenvalue weighted by Gasteiger charge is 2.21. The SMILES string of the molecule is c1ccc(-c2ccc(-c3nc(-c4cccc5c4oc4c5ccc5c4c4ccccc4n5-c4ccccc4)nc4ccccc34)cc2)cc1. The molecule has 10 rings (SSSR count). The second-order valence-corrected chi connectivity index (χ2v) is 12.2. The maximum atomic E-state index is 6.94. The van der Waals surface area contributed by atoms with Crippen molar-refractivity contribution < 1.29 is 4.42 Å². The minimum atomic E-state index is 0.642. The van der Waals surface area contributed by atoms with Crippen LogP contribution in [-0.4, -0.2) is 14.5 Å². The Morgan fingerprint density at radius 3 is 1.90 bits per heavy atom. The molecular formula is C44H27N3O. The summed E-state index contributed by atoms with van der Waals surface area (Å²) in [7, 11) is 0. The molecule has 4 nitrogen and oxygen atoms in total. The molecule has 3 aromatic heterocycles. The molecule has 0 atom stereocenters. The van der Waals surface area contributed by atoms with Gasteiger partial charge in [0, 0.05) is 32.8 Å². The summed E-state index contributed by atoms with van der Waals surface area (Å²) < 4.78 is 9.26. The van der Waals surface area contributed by atoms with Crippen LogP contribution in [0.5, 0.6) is 0 Å². The molecule has 0 amide bonds. The van der Waals surface area contributed by atoms with E-state index in [9.17, 15) is 0 Å². The largest absolute Gasteiger partial charge is 0.455 e. The first kappa shape index (κ1) is 26.7. The molecule has 0 aliphatic carbocycles. The van der Waals surface area contributed by atoms with Crippen LogP contribution in [0.15, 0.2) is 168 Å². The van der Waals surface area contributed by atoms with Gasteiger partial charge in [-0.3, -0.25) is 0 Å². The normalized spacial score (nSPS) is 11.8. The van der Waals surface area contributed by atoms with E-state index < -0.39 is 0 Å². The first-order valence-electron chi connectivity index (χ1n) is 16.2. The van der Waals surface area contributed by atoms with Gasteiger partial charge in [-0.1, -0.05) is 121 Å². The number of rotatable bonds is 4. The molecule has 0 N–H and O–H groups in total. The fraction of sp³-hybridized carbons (Fsp3) is 0. The van der Waals surface area contributed by atoms with E-state index in [-0.39, 0.29) is 0 Å². The first-order chi connectivity index (χ1) is 23.8. The van der Waals surface area contributed by atoms with E-state index in [1.54, 1.807) is 0 Å². The average Bonchev–Trinajstić information content (AvgIpc) is 3.71. The Bertz CT molecular complexity index is 2810. The summed E-state index contributed by atoms with van der Waals surface area (Å²) in [6.45, 7) is 0. The highest BCUT2D eigenvalue weighted by Crippen LogP contribution is 2.43. The zero-order valence-electron chi connectivity index (χ0n) is 25.8. The summed E-state index contributed by atoms with van der Waals surface area (Å²) in [6, 6.07) is 57.1. The predicted molar refractivity (Wildman–Crippen MR) is 197 cm³/mol. The van der Waals surface area contributed by atoms with Gasteiger partial charge in [0.15, 0.2) is 5.82 Å². The van der Waals surface area contributed by atoms with Gasteiger partial charge in [0.25, 0.3) is 0 Å². The Kier molecular flexibility index (Phi) is 5.84. The smallest absolute Gasteiger partial charge is 0.164 e. The molecule has 48 heavy (non-hydrogen) atoms. The number of para-hydroxylation sites is 4. The molecule has 3 heterocycles. The lowest BCUT2D eigenvalue weighted by Gasteiger charge is -2.10. The summed E-state index contributed by atoms with van der Waals surface area (Å²) in [5.74, 6) is 0.642. The lowest BCUT2D eigenvalue weighted by molar-refractivity contribution is 0.673. The average molecular weight is 614 g/mol. The van der Waals surface area contributed by atoms with Gasteiger partial charge in [0.1, 0.15) is 11.2 Å². The van der Waals surface area contributed by atoms with Crippen molar-refractivity contribution in [3.05, 3.63) is 164 Å². The van der Waals surface area contributed by atoms with Crippen molar-refractivity contribution in [1.29, 1.82) is 0 Å². The molecule has 0 spiro atoms. The predicted octanol–water partition coefficient (Wildman–Crippen LogP) is 11.6. The third-order valence-corrected chi connectivity index (χ3v) is 9.42. The quantitative estimate of drug-likeness (QED) is 0.198. The highest BCUT2D eigenvalue weighted by atomic mass is 16.3. The zero-order chi connectivity index (χ0) is 31.6. The van der Waals surface area contributed by atoms with Crippen molar-refractivity contribution in [3.63, 3.8) is 0 Å². The minimum Gasteiger partial charge on any atom is -0.455 e. The molecule has 10 aromatic rings. The van der Waals surface area contributed by atoms with Crippen LogP contribution in [0.4, 0.5) is 0 Å². The summed E-state index contributed by atoms with van der Waals surface area (Å²) in [5, 5.41) is 5.40. The molecule has 0 saturated heterocycles. The van der Waals surface area contributed by atoms with E-state index in [1.807, 2.05) is 18.2 Å². The van der Waals surface area contributed by atoms with E-state index in [1.165, 1.54) is 11.1 Å². The Morgan fingerprint density at radius 2 is 1.06 bits per heavy atom. The van der Waals surface area contributed by atoms with Crippen molar-refractivity contribution in [2.75, 3.05) is 0 Å². The molecule has 0 radical (unpaired) electrons. The van der Waals surface area contributed by atoms with Gasteiger partial charge in [0.2, 0.25) is 0 Å². The van der Waals surface area contributed by atoms with Crippen molar-refractivity contribution in [1.82, 2.24) is 14.5 Å². The van der Waals surface area contributed by atoms with Gasteiger partial charge >= 0.3 is 0 Å². The molecular weight excluding hydrogens is 587 g/mol. The van der Waals surface area contributed by atoms with Crippen LogP contribution in [0.3, 0.4) is 0 Å². The maximum Gasteiger partial charge on any atom is 0.164 e. The van der Waals surface area contributed by atoms with E-state index in [2.05, 4.69) is 150 Å². The third-order valence-electron chi connectivity index (χ3n) is 9.42. The Morgan fingerprint density at radius 1 is 0.417 bits per heavy atom. The van der Waals surface area contributed by atoms with Gasteiger partial charge in [-0.15, -0.1) is 0 Å². The van der Waals surface area contributed by atoms with E-state index in [0.29, 0.717) is 5.82 Å². The zero-order valence-corrected chi connectivity index (χ0v) is 25.8. The standard InChI is InChI=1S/C44H27N3O/c1-3-12-28(13-4-1)29-22-24-30(25-23-29)41-34-16-7-9-20-37(34)45-44(46-41)36-19-11-18-32-33-26-27-39-40(43(33)48-42(32)36)35-17-8-10-21-38(35)47(39)31-14-5-2-6-15-31/h1-27H. The van der Waals surface area contributed by atoms with Crippen LogP contribution in [0.1, 0.15) is 0 Å². The van der Waals surface area contributed by atoms with E-state index in [0.717, 1.165) is 77.2 Å². The summed E-state index contributed by atoms with van der Waals surface area (Å²) >= 11 is 0. The van der Waals surface area contributed by atoms with E-state index >= 15 is 0 Å². The molecule has 0 bridgehead atoms. The number of fused-ring (bicyclic) bond motifs is 8. The first-order valence-corrected chi connectivity index (χ1v) is 16.2. The number of furan rings is 1. The molecule has 0 aliphatic heterocycles. The van der Waals surface area contributed by atoms with Gasteiger partial charge in [-0.25, -0.2) is 9.97 Å². The third kappa shape index (κ3) is 4.03. The Hall–Kier alpha value is -6.52. The summed E-state index contributed by atoms with van der Waals surface area (Å²) in [4.78, 5) is 10.3. The fourth-order valence-electron chi connectivity index (χ4n) is 7.21. The van der Waals surface area contributed by atoms with E-state index in [4.69, 9.17) is 14.4 Å². The van der Waals surface area contributed by atoms with Crippen molar-refractivity contribution in [2.45, 2.75) is 0 Å². The van der Waals surface area contributed by atoms with Gasteiger partial charge in [-0.2, -0.15) is 0 Å². The maximum absolute atomic E-state index is 6.94. The van der Waals surface area contributed by atoms with Crippen molar-refractivity contribution in [3.8, 4) is 39.5 Å². The van der Waals surface area contributed by atoms with Gasteiger partial charge in [-0.05, 0) is 53.6 Å². The van der Waals surface area contributed by atoms with Crippen LogP contribution >= 0.6 is 0 Å². The topological polar surface area (TPSA) is 43.9 Å². The molecule has 4 heteroatoms.